The third kappa shape index (κ3) is 8.42. The first-order valence-electron chi connectivity index (χ1n) is 8.04. The summed E-state index contributed by atoms with van der Waals surface area (Å²) in [5, 5.41) is 24.6. The molecule has 0 aromatic heterocycles. The zero-order valence-corrected chi connectivity index (χ0v) is 14.9. The number of hydrogen-bond donors (Lipinski definition) is 6. The SMILES string of the molecule is CC(NC(=O)C(NC(=O)C(CCC(=O)O)NC(=O)CN)C(C)C)C(=O)O. The smallest absolute Gasteiger partial charge is 0.325 e. The molecule has 0 heterocycles. The first-order chi connectivity index (χ1) is 12.0. The lowest BCUT2D eigenvalue weighted by Gasteiger charge is -2.25. The largest absolute Gasteiger partial charge is 0.481 e. The van der Waals surface area contributed by atoms with Crippen LogP contribution in [-0.4, -0.2) is 64.5 Å². The predicted molar refractivity (Wildman–Crippen MR) is 89.9 cm³/mol. The van der Waals surface area contributed by atoms with E-state index < -0.39 is 47.8 Å². The molecule has 11 nitrogen and oxygen atoms in total. The van der Waals surface area contributed by atoms with Crippen molar-refractivity contribution in [2.45, 2.75) is 51.7 Å². The van der Waals surface area contributed by atoms with Crippen molar-refractivity contribution >= 4 is 29.7 Å². The van der Waals surface area contributed by atoms with Crippen LogP contribution in [0.4, 0.5) is 0 Å². The van der Waals surface area contributed by atoms with E-state index >= 15 is 0 Å². The van der Waals surface area contributed by atoms with E-state index in [0.717, 1.165) is 0 Å². The van der Waals surface area contributed by atoms with Crippen LogP contribution in [0.5, 0.6) is 0 Å². The summed E-state index contributed by atoms with van der Waals surface area (Å²) in [5.74, 6) is -4.89. The lowest BCUT2D eigenvalue weighted by atomic mass is 10.0. The Bertz CT molecular complexity index is 550. The lowest BCUT2D eigenvalue weighted by molar-refractivity contribution is -0.142. The highest BCUT2D eigenvalue weighted by Crippen LogP contribution is 2.05. The Morgan fingerprint density at radius 1 is 0.923 bits per heavy atom. The van der Waals surface area contributed by atoms with Gasteiger partial charge in [-0.15, -0.1) is 0 Å². The molecule has 0 aliphatic heterocycles. The van der Waals surface area contributed by atoms with E-state index in [1.807, 2.05) is 0 Å². The Balaban J connectivity index is 5.14. The van der Waals surface area contributed by atoms with Crippen LogP contribution in [-0.2, 0) is 24.0 Å². The van der Waals surface area contributed by atoms with Gasteiger partial charge in [0, 0.05) is 6.42 Å². The first-order valence-corrected chi connectivity index (χ1v) is 8.04. The molecular formula is C15H26N4O7. The standard InChI is InChI=1S/C15H26N4O7/c1-7(2)12(14(24)17-8(3)15(25)26)19-13(23)9(4-5-11(21)22)18-10(20)6-16/h7-9,12H,4-6,16H2,1-3H3,(H,17,24)(H,18,20)(H,19,23)(H,21,22)(H,25,26). The summed E-state index contributed by atoms with van der Waals surface area (Å²) in [5.41, 5.74) is 5.18. The van der Waals surface area contributed by atoms with Gasteiger partial charge in [0.05, 0.1) is 6.54 Å². The van der Waals surface area contributed by atoms with Crippen LogP contribution in [0.15, 0.2) is 0 Å². The van der Waals surface area contributed by atoms with E-state index in [4.69, 9.17) is 15.9 Å². The maximum Gasteiger partial charge on any atom is 0.325 e. The lowest BCUT2D eigenvalue weighted by Crippen LogP contribution is -2.57. The van der Waals surface area contributed by atoms with Gasteiger partial charge in [0.25, 0.3) is 0 Å². The average molecular weight is 374 g/mol. The molecule has 0 saturated heterocycles. The molecule has 0 aliphatic carbocycles. The number of carbonyl (C=O) groups is 5. The molecule has 0 aromatic carbocycles. The van der Waals surface area contributed by atoms with Crippen molar-refractivity contribution in [3.63, 3.8) is 0 Å². The van der Waals surface area contributed by atoms with Crippen LogP contribution >= 0.6 is 0 Å². The van der Waals surface area contributed by atoms with Crippen LogP contribution in [0.3, 0.4) is 0 Å². The van der Waals surface area contributed by atoms with E-state index in [-0.39, 0.29) is 25.3 Å². The predicted octanol–water partition coefficient (Wildman–Crippen LogP) is -1.98. The first kappa shape index (κ1) is 23.3. The van der Waals surface area contributed by atoms with Gasteiger partial charge >= 0.3 is 11.9 Å². The molecule has 0 radical (unpaired) electrons. The molecule has 0 saturated carbocycles. The molecule has 3 atom stereocenters. The number of rotatable bonds is 11. The normalized spacial score (nSPS) is 14.0. The van der Waals surface area contributed by atoms with E-state index in [9.17, 15) is 24.0 Å². The van der Waals surface area contributed by atoms with Crippen LogP contribution in [0.1, 0.15) is 33.6 Å². The van der Waals surface area contributed by atoms with Crippen molar-refractivity contribution in [2.24, 2.45) is 11.7 Å². The van der Waals surface area contributed by atoms with Gasteiger partial charge in [0.1, 0.15) is 18.1 Å². The van der Waals surface area contributed by atoms with Crippen LogP contribution in [0, 0.1) is 5.92 Å². The second-order valence-corrected chi connectivity index (χ2v) is 6.06. The molecule has 148 valence electrons. The minimum atomic E-state index is -1.23. The van der Waals surface area contributed by atoms with E-state index in [2.05, 4.69) is 16.0 Å². The minimum Gasteiger partial charge on any atom is -0.481 e. The van der Waals surface area contributed by atoms with Gasteiger partial charge in [0.2, 0.25) is 17.7 Å². The van der Waals surface area contributed by atoms with Crippen molar-refractivity contribution in [1.82, 2.24) is 16.0 Å². The number of carboxylic acids is 2. The summed E-state index contributed by atoms with van der Waals surface area (Å²) in [6.45, 7) is 4.17. The van der Waals surface area contributed by atoms with Crippen molar-refractivity contribution < 1.29 is 34.2 Å². The zero-order valence-electron chi connectivity index (χ0n) is 14.9. The molecular weight excluding hydrogens is 348 g/mol. The molecule has 3 unspecified atom stereocenters. The van der Waals surface area contributed by atoms with E-state index in [0.29, 0.717) is 0 Å². The average Bonchev–Trinajstić information content (AvgIpc) is 2.54. The molecule has 0 aromatic rings. The molecule has 0 fully saturated rings. The highest BCUT2D eigenvalue weighted by atomic mass is 16.4. The maximum atomic E-state index is 12.4. The third-order valence-corrected chi connectivity index (χ3v) is 3.46. The van der Waals surface area contributed by atoms with Gasteiger partial charge in [-0.25, -0.2) is 0 Å². The monoisotopic (exact) mass is 374 g/mol. The molecule has 3 amide bonds. The summed E-state index contributed by atoms with van der Waals surface area (Å²) >= 11 is 0. The molecule has 0 rings (SSSR count). The Morgan fingerprint density at radius 2 is 1.50 bits per heavy atom. The van der Waals surface area contributed by atoms with Crippen molar-refractivity contribution in [2.75, 3.05) is 6.54 Å². The van der Waals surface area contributed by atoms with Crippen LogP contribution < -0.4 is 21.7 Å². The maximum absolute atomic E-state index is 12.4. The number of aliphatic carboxylic acids is 2. The van der Waals surface area contributed by atoms with Gasteiger partial charge in [-0.1, -0.05) is 13.8 Å². The number of carbonyl (C=O) groups excluding carboxylic acids is 3. The zero-order chi connectivity index (χ0) is 20.4. The fraction of sp³-hybridized carbons (Fsp3) is 0.667. The Labute approximate surface area is 150 Å². The summed E-state index contributed by atoms with van der Waals surface area (Å²) < 4.78 is 0. The summed E-state index contributed by atoms with van der Waals surface area (Å²) in [7, 11) is 0. The number of nitrogens with two attached hydrogens (primary N) is 1. The quantitative estimate of drug-likeness (QED) is 0.240. The van der Waals surface area contributed by atoms with Crippen molar-refractivity contribution in [3.05, 3.63) is 0 Å². The molecule has 26 heavy (non-hydrogen) atoms. The van der Waals surface area contributed by atoms with Crippen LogP contribution in [0.2, 0.25) is 0 Å². The topological polar surface area (TPSA) is 188 Å². The van der Waals surface area contributed by atoms with Gasteiger partial charge < -0.3 is 31.9 Å². The van der Waals surface area contributed by atoms with Gasteiger partial charge in [-0.2, -0.15) is 0 Å². The minimum absolute atomic E-state index is 0.190. The van der Waals surface area contributed by atoms with Gasteiger partial charge in [-0.05, 0) is 19.3 Å². The van der Waals surface area contributed by atoms with Crippen molar-refractivity contribution in [1.29, 1.82) is 0 Å². The Hall–Kier alpha value is -2.69. The Morgan fingerprint density at radius 3 is 1.92 bits per heavy atom. The van der Waals surface area contributed by atoms with Crippen LogP contribution in [0.25, 0.3) is 0 Å². The third-order valence-electron chi connectivity index (χ3n) is 3.46. The fourth-order valence-electron chi connectivity index (χ4n) is 1.94. The van der Waals surface area contributed by atoms with Crippen molar-refractivity contribution in [3.8, 4) is 0 Å². The fourth-order valence-corrected chi connectivity index (χ4v) is 1.94. The molecule has 0 aliphatic rings. The summed E-state index contributed by atoms with van der Waals surface area (Å²) in [6, 6.07) is -3.40. The number of nitrogens with one attached hydrogen (secondary N) is 3. The number of amides is 3. The van der Waals surface area contributed by atoms with Gasteiger partial charge in [0.15, 0.2) is 0 Å². The molecule has 11 heteroatoms. The highest BCUT2D eigenvalue weighted by molar-refractivity contribution is 5.93. The highest BCUT2D eigenvalue weighted by Gasteiger charge is 2.30. The van der Waals surface area contributed by atoms with Gasteiger partial charge in [-0.3, -0.25) is 24.0 Å². The molecule has 7 N–H and O–H groups in total. The second-order valence-electron chi connectivity index (χ2n) is 6.06. The van der Waals surface area contributed by atoms with E-state index in [1.54, 1.807) is 13.8 Å². The molecule has 0 bridgehead atoms. The Kier molecular flexibility index (Phi) is 9.89. The number of carboxylic acid groups (broad SMARTS) is 2. The second kappa shape index (κ2) is 11.0. The van der Waals surface area contributed by atoms with E-state index in [1.165, 1.54) is 6.92 Å². The summed E-state index contributed by atoms with van der Waals surface area (Å²) in [6.07, 6.45) is -0.567. The summed E-state index contributed by atoms with van der Waals surface area (Å²) in [4.78, 5) is 57.6. The number of hydrogen-bond acceptors (Lipinski definition) is 6. The molecule has 0 spiro atoms.